The van der Waals surface area contributed by atoms with Gasteiger partial charge in [0.15, 0.2) is 0 Å². The summed E-state index contributed by atoms with van der Waals surface area (Å²) < 4.78 is 5.56. The molecule has 0 aromatic heterocycles. The lowest BCUT2D eigenvalue weighted by Gasteiger charge is -2.15. The number of anilines is 1. The second kappa shape index (κ2) is 9.62. The van der Waals surface area contributed by atoms with Crippen LogP contribution in [0.25, 0.3) is 11.1 Å². The Morgan fingerprint density at radius 2 is 1.49 bits per heavy atom. The minimum atomic E-state index is -0.814. The van der Waals surface area contributed by atoms with E-state index in [1.54, 1.807) is 24.3 Å². The molecule has 0 heterocycles. The summed E-state index contributed by atoms with van der Waals surface area (Å²) in [5, 5.41) is 14.7. The molecule has 3 aromatic rings. The lowest BCUT2D eigenvalue weighted by Crippen LogP contribution is -2.33. The molecule has 0 radical (unpaired) electrons. The molecule has 0 aliphatic heterocycles. The van der Waals surface area contributed by atoms with Gasteiger partial charge < -0.3 is 15.2 Å². The molecule has 7 heteroatoms. The molecule has 5 rings (SSSR count). The van der Waals surface area contributed by atoms with Gasteiger partial charge in [0.2, 0.25) is 0 Å². The normalized spacial score (nSPS) is 18.4. The van der Waals surface area contributed by atoms with Gasteiger partial charge in [-0.1, -0.05) is 48.5 Å². The van der Waals surface area contributed by atoms with E-state index in [0.717, 1.165) is 11.1 Å². The van der Waals surface area contributed by atoms with Crippen LogP contribution >= 0.6 is 0 Å². The summed E-state index contributed by atoms with van der Waals surface area (Å²) in [4.78, 5) is 36.1. The third kappa shape index (κ3) is 4.75. The molecule has 0 spiro atoms. The largest absolute Gasteiger partial charge is 0.481 e. The van der Waals surface area contributed by atoms with Gasteiger partial charge >= 0.3 is 12.1 Å². The molecule has 2 atom stereocenters. The van der Waals surface area contributed by atoms with Gasteiger partial charge in [0.1, 0.15) is 6.61 Å². The minimum Gasteiger partial charge on any atom is -0.481 e. The van der Waals surface area contributed by atoms with E-state index in [-0.39, 0.29) is 24.5 Å². The molecule has 2 aliphatic rings. The van der Waals surface area contributed by atoms with E-state index in [1.165, 1.54) is 11.1 Å². The number of carbonyl (C=O) groups is 3. The van der Waals surface area contributed by atoms with E-state index in [1.807, 2.05) is 24.3 Å². The maximum atomic E-state index is 12.5. The van der Waals surface area contributed by atoms with E-state index in [0.29, 0.717) is 30.5 Å². The number of carbonyl (C=O) groups excluding carboxylic acids is 2. The Kier molecular flexibility index (Phi) is 6.23. The number of carboxylic acid groups (broad SMARTS) is 1. The number of ether oxygens (including phenoxy) is 1. The smallest absolute Gasteiger partial charge is 0.411 e. The average molecular weight is 471 g/mol. The maximum absolute atomic E-state index is 12.5. The van der Waals surface area contributed by atoms with Crippen LogP contribution in [-0.4, -0.2) is 35.7 Å². The van der Waals surface area contributed by atoms with Crippen LogP contribution in [0, 0.1) is 5.92 Å². The van der Waals surface area contributed by atoms with Gasteiger partial charge in [-0.05, 0) is 65.8 Å². The number of nitrogens with one attached hydrogen (secondary N) is 2. The summed E-state index contributed by atoms with van der Waals surface area (Å²) in [7, 11) is 0. The number of rotatable bonds is 6. The highest BCUT2D eigenvalue weighted by atomic mass is 16.5. The molecule has 0 bridgehead atoms. The molecule has 2 aliphatic carbocycles. The summed E-state index contributed by atoms with van der Waals surface area (Å²) in [5.74, 6) is -1.49. The topological polar surface area (TPSA) is 105 Å². The van der Waals surface area contributed by atoms with Crippen LogP contribution in [0.4, 0.5) is 10.5 Å². The molecule has 3 N–H and O–H groups in total. The number of amides is 2. The Morgan fingerprint density at radius 3 is 2.09 bits per heavy atom. The first-order valence-corrected chi connectivity index (χ1v) is 11.8. The number of carboxylic acids is 1. The van der Waals surface area contributed by atoms with Gasteiger partial charge in [-0.15, -0.1) is 0 Å². The van der Waals surface area contributed by atoms with Crippen LogP contribution in [0.2, 0.25) is 0 Å². The van der Waals surface area contributed by atoms with Crippen LogP contribution in [0.3, 0.4) is 0 Å². The second-order valence-electron chi connectivity index (χ2n) is 9.05. The lowest BCUT2D eigenvalue weighted by molar-refractivity contribution is -0.141. The number of hydrogen-bond acceptors (Lipinski definition) is 4. The van der Waals surface area contributed by atoms with Crippen molar-refractivity contribution in [2.75, 3.05) is 11.9 Å². The molecular weight excluding hydrogens is 444 g/mol. The van der Waals surface area contributed by atoms with Gasteiger partial charge in [0.25, 0.3) is 5.91 Å². The van der Waals surface area contributed by atoms with Gasteiger partial charge in [-0.2, -0.15) is 0 Å². The average Bonchev–Trinajstić information content (AvgIpc) is 3.46. The molecule has 7 nitrogen and oxygen atoms in total. The third-order valence-electron chi connectivity index (χ3n) is 6.85. The zero-order valence-electron chi connectivity index (χ0n) is 19.1. The molecule has 1 saturated carbocycles. The molecule has 0 unspecified atom stereocenters. The van der Waals surface area contributed by atoms with Crippen LogP contribution in [0.1, 0.15) is 46.7 Å². The Bertz CT molecular complexity index is 1220. The SMILES string of the molecule is O=C(Nc1ccc(C(=O)N[C@H]2CC[C@@H](C(=O)O)C2)cc1)OCC1c2ccccc2-c2ccccc21. The summed E-state index contributed by atoms with van der Waals surface area (Å²) in [6.45, 7) is 0.221. The molecule has 1 fully saturated rings. The summed E-state index contributed by atoms with van der Waals surface area (Å²) in [5.41, 5.74) is 5.60. The molecular formula is C28H26N2O5. The van der Waals surface area contributed by atoms with Gasteiger partial charge in [0.05, 0.1) is 5.92 Å². The van der Waals surface area contributed by atoms with E-state index in [4.69, 9.17) is 9.84 Å². The van der Waals surface area contributed by atoms with Gasteiger partial charge in [-0.3, -0.25) is 14.9 Å². The van der Waals surface area contributed by atoms with Crippen LogP contribution in [0.15, 0.2) is 72.8 Å². The molecule has 35 heavy (non-hydrogen) atoms. The van der Waals surface area contributed by atoms with Gasteiger partial charge in [-0.25, -0.2) is 4.79 Å². The Balaban J connectivity index is 1.16. The van der Waals surface area contributed by atoms with Gasteiger partial charge in [0, 0.05) is 23.2 Å². The second-order valence-corrected chi connectivity index (χ2v) is 9.05. The first-order chi connectivity index (χ1) is 17.0. The predicted molar refractivity (Wildman–Crippen MR) is 131 cm³/mol. The van der Waals surface area contributed by atoms with Crippen molar-refractivity contribution < 1.29 is 24.2 Å². The quantitative estimate of drug-likeness (QED) is 0.469. The maximum Gasteiger partial charge on any atom is 0.411 e. The summed E-state index contributed by atoms with van der Waals surface area (Å²) in [6, 6.07) is 22.7. The van der Waals surface area contributed by atoms with Crippen molar-refractivity contribution in [2.45, 2.75) is 31.2 Å². The third-order valence-corrected chi connectivity index (χ3v) is 6.85. The monoisotopic (exact) mass is 470 g/mol. The molecule has 178 valence electrons. The van der Waals surface area contributed by atoms with Crippen LogP contribution in [0.5, 0.6) is 0 Å². The number of aliphatic carboxylic acids is 1. The first-order valence-electron chi connectivity index (χ1n) is 11.8. The van der Waals surface area contributed by atoms with Crippen molar-refractivity contribution in [3.05, 3.63) is 89.5 Å². The van der Waals surface area contributed by atoms with E-state index in [9.17, 15) is 14.4 Å². The molecule has 3 aromatic carbocycles. The first kappa shape index (κ1) is 22.7. The Labute approximate surface area is 203 Å². The highest BCUT2D eigenvalue weighted by molar-refractivity contribution is 5.95. The van der Waals surface area contributed by atoms with Crippen molar-refractivity contribution in [3.63, 3.8) is 0 Å². The van der Waals surface area contributed by atoms with Crippen molar-refractivity contribution in [3.8, 4) is 11.1 Å². The molecule has 0 saturated heterocycles. The zero-order valence-corrected chi connectivity index (χ0v) is 19.1. The van der Waals surface area contributed by atoms with Crippen LogP contribution < -0.4 is 10.6 Å². The highest BCUT2D eigenvalue weighted by Crippen LogP contribution is 2.44. The predicted octanol–water partition coefficient (Wildman–Crippen LogP) is 5.03. The fourth-order valence-corrected chi connectivity index (χ4v) is 5.06. The molecule has 2 amide bonds. The summed E-state index contributed by atoms with van der Waals surface area (Å²) >= 11 is 0. The summed E-state index contributed by atoms with van der Waals surface area (Å²) in [6.07, 6.45) is 1.12. The van der Waals surface area contributed by atoms with E-state index < -0.39 is 18.0 Å². The van der Waals surface area contributed by atoms with Crippen molar-refractivity contribution in [1.29, 1.82) is 0 Å². The Hall–Kier alpha value is -4.13. The van der Waals surface area contributed by atoms with Crippen molar-refractivity contribution in [2.24, 2.45) is 5.92 Å². The van der Waals surface area contributed by atoms with Crippen LogP contribution in [-0.2, 0) is 9.53 Å². The van der Waals surface area contributed by atoms with E-state index >= 15 is 0 Å². The lowest BCUT2D eigenvalue weighted by atomic mass is 9.98. The highest BCUT2D eigenvalue weighted by Gasteiger charge is 2.31. The van der Waals surface area contributed by atoms with Crippen molar-refractivity contribution >= 4 is 23.7 Å². The zero-order chi connectivity index (χ0) is 24.4. The number of fused-ring (bicyclic) bond motifs is 3. The standard InChI is InChI=1S/C28H26N2O5/c31-26(29-20-14-11-18(15-20)27(32)33)17-9-12-19(13-10-17)30-28(34)35-16-25-23-7-3-1-5-21(23)22-6-2-4-8-24(22)25/h1-10,12-13,18,20,25H,11,14-16H2,(H,29,31)(H,30,34)(H,32,33)/t18-,20+/m1/s1. The Morgan fingerprint density at radius 1 is 0.857 bits per heavy atom. The fraction of sp³-hybridized carbons (Fsp3) is 0.250. The number of hydrogen-bond donors (Lipinski definition) is 3. The van der Waals surface area contributed by atoms with E-state index in [2.05, 4.69) is 34.9 Å². The number of benzene rings is 3. The van der Waals surface area contributed by atoms with Crippen molar-refractivity contribution in [1.82, 2.24) is 5.32 Å². The fourth-order valence-electron chi connectivity index (χ4n) is 5.06. The minimum absolute atomic E-state index is 0.0180.